The topological polar surface area (TPSA) is 51.0 Å². The van der Waals surface area contributed by atoms with Crippen molar-refractivity contribution in [3.63, 3.8) is 0 Å². The Balaban J connectivity index is 1.73. The van der Waals surface area contributed by atoms with Crippen LogP contribution in [0.1, 0.15) is 56.5 Å². The summed E-state index contributed by atoms with van der Waals surface area (Å²) in [4.78, 5) is 9.56. The van der Waals surface area contributed by atoms with Crippen LogP contribution in [0.5, 0.6) is 0 Å². The van der Waals surface area contributed by atoms with E-state index in [0.29, 0.717) is 11.5 Å². The van der Waals surface area contributed by atoms with Crippen LogP contribution in [0.25, 0.3) is 11.0 Å². The molecule has 2 heterocycles. The van der Waals surface area contributed by atoms with Gasteiger partial charge in [-0.1, -0.05) is 37.1 Å². The summed E-state index contributed by atoms with van der Waals surface area (Å²) < 4.78 is 27.5. The van der Waals surface area contributed by atoms with E-state index < -0.39 is 11.6 Å². The summed E-state index contributed by atoms with van der Waals surface area (Å²) in [7, 11) is 0. The molecule has 0 amide bonds. The summed E-state index contributed by atoms with van der Waals surface area (Å²) in [5.74, 6) is -1.65. The predicted octanol–water partition coefficient (Wildman–Crippen LogP) is 4.74. The Morgan fingerprint density at radius 1 is 0.929 bits per heavy atom. The lowest BCUT2D eigenvalue weighted by Crippen LogP contribution is -2.48. The first-order valence-electron chi connectivity index (χ1n) is 9.61. The van der Waals surface area contributed by atoms with Gasteiger partial charge in [-0.3, -0.25) is 4.99 Å². The van der Waals surface area contributed by atoms with E-state index in [2.05, 4.69) is 41.2 Å². The van der Waals surface area contributed by atoms with Gasteiger partial charge in [0.2, 0.25) is 5.82 Å². The van der Waals surface area contributed by atoms with Gasteiger partial charge >= 0.3 is 0 Å². The Hall–Kier alpha value is -2.76. The van der Waals surface area contributed by atoms with Crippen molar-refractivity contribution in [1.29, 1.82) is 0 Å². The molecule has 2 aromatic carbocycles. The fraction of sp³-hybridized carbons (Fsp3) is 0.364. The Labute approximate surface area is 161 Å². The molecule has 1 aliphatic carbocycles. The maximum absolute atomic E-state index is 14.0. The van der Waals surface area contributed by atoms with Gasteiger partial charge in [0.1, 0.15) is 5.71 Å². The summed E-state index contributed by atoms with van der Waals surface area (Å²) in [5.41, 5.74) is 2.73. The summed E-state index contributed by atoms with van der Waals surface area (Å²) >= 11 is 0. The van der Waals surface area contributed by atoms with Crippen LogP contribution < -0.4 is 0 Å². The molecule has 1 spiro atoms. The summed E-state index contributed by atoms with van der Waals surface area (Å²) in [6.07, 6.45) is 4.60. The molecule has 1 aromatic heterocycles. The average Bonchev–Trinajstić information content (AvgIpc) is 3.20. The number of hydrogen-bond donors (Lipinski definition) is 0. The van der Waals surface area contributed by atoms with E-state index in [0.717, 1.165) is 24.5 Å². The van der Waals surface area contributed by atoms with Crippen molar-refractivity contribution in [1.82, 2.24) is 15.2 Å². The Bertz CT molecular complexity index is 1130. The molecule has 1 aliphatic heterocycles. The first-order chi connectivity index (χ1) is 13.4. The lowest BCUT2D eigenvalue weighted by atomic mass is 9.62. The highest BCUT2D eigenvalue weighted by Gasteiger charge is 2.52. The number of halogens is 2. The van der Waals surface area contributed by atoms with Crippen LogP contribution in [-0.4, -0.2) is 26.4 Å². The van der Waals surface area contributed by atoms with Gasteiger partial charge in [-0.05, 0) is 44.4 Å². The summed E-state index contributed by atoms with van der Waals surface area (Å²) in [6, 6.07) is 10.8. The number of aliphatic imine (C=N–C) groups is 1. The molecule has 142 valence electrons. The van der Waals surface area contributed by atoms with Gasteiger partial charge in [0.05, 0.1) is 11.1 Å². The smallest absolute Gasteiger partial charge is 0.201 e. The highest BCUT2D eigenvalue weighted by molar-refractivity contribution is 6.13. The molecule has 0 atom stereocenters. The zero-order valence-electron chi connectivity index (χ0n) is 15.8. The maximum Gasteiger partial charge on any atom is 0.201 e. The van der Waals surface area contributed by atoms with Crippen molar-refractivity contribution in [2.75, 3.05) is 0 Å². The van der Waals surface area contributed by atoms with E-state index in [1.165, 1.54) is 24.5 Å². The van der Waals surface area contributed by atoms with Crippen molar-refractivity contribution >= 4 is 16.7 Å². The van der Waals surface area contributed by atoms with E-state index in [9.17, 15) is 8.78 Å². The van der Waals surface area contributed by atoms with Crippen LogP contribution in [0.3, 0.4) is 0 Å². The minimum absolute atomic E-state index is 0.00655. The summed E-state index contributed by atoms with van der Waals surface area (Å²) in [5, 5.41) is 8.03. The van der Waals surface area contributed by atoms with Crippen LogP contribution in [-0.2, 0) is 5.41 Å². The lowest BCUT2D eigenvalue weighted by Gasteiger charge is -2.46. The van der Waals surface area contributed by atoms with Gasteiger partial charge in [-0.2, -0.15) is 0 Å². The van der Waals surface area contributed by atoms with E-state index in [1.807, 2.05) is 12.1 Å². The minimum atomic E-state index is -1.03. The number of aromatic nitrogens is 3. The van der Waals surface area contributed by atoms with Gasteiger partial charge in [-0.15, -0.1) is 10.2 Å². The molecule has 1 fully saturated rings. The van der Waals surface area contributed by atoms with E-state index in [1.54, 1.807) is 0 Å². The van der Waals surface area contributed by atoms with Gasteiger partial charge in [0.15, 0.2) is 17.2 Å². The van der Waals surface area contributed by atoms with Gasteiger partial charge < -0.3 is 0 Å². The van der Waals surface area contributed by atoms with Crippen LogP contribution in [0, 0.1) is 11.6 Å². The zero-order valence-corrected chi connectivity index (χ0v) is 15.8. The Morgan fingerprint density at radius 3 is 2.46 bits per heavy atom. The van der Waals surface area contributed by atoms with Crippen molar-refractivity contribution in [3.05, 3.63) is 65.0 Å². The second-order valence-corrected chi connectivity index (χ2v) is 8.22. The molecule has 3 aromatic rings. The monoisotopic (exact) mass is 378 g/mol. The van der Waals surface area contributed by atoms with Crippen LogP contribution in [0.2, 0.25) is 0 Å². The van der Waals surface area contributed by atoms with Crippen molar-refractivity contribution in [2.24, 2.45) is 4.99 Å². The van der Waals surface area contributed by atoms with Crippen molar-refractivity contribution in [3.8, 4) is 0 Å². The van der Waals surface area contributed by atoms with Gasteiger partial charge in [0.25, 0.3) is 0 Å². The molecule has 0 unspecified atom stereocenters. The summed E-state index contributed by atoms with van der Waals surface area (Å²) in [6.45, 7) is 4.33. The highest BCUT2D eigenvalue weighted by Crippen LogP contribution is 2.53. The number of rotatable bonds is 1. The Morgan fingerprint density at radius 2 is 1.68 bits per heavy atom. The fourth-order valence-corrected chi connectivity index (χ4v) is 4.96. The van der Waals surface area contributed by atoms with Crippen molar-refractivity contribution in [2.45, 2.75) is 50.5 Å². The second-order valence-electron chi connectivity index (χ2n) is 8.22. The molecule has 0 N–H and O–H groups in total. The van der Waals surface area contributed by atoms with E-state index in [4.69, 9.17) is 4.99 Å². The van der Waals surface area contributed by atoms with Crippen molar-refractivity contribution < 1.29 is 8.78 Å². The molecule has 0 saturated heterocycles. The molecule has 6 heteroatoms. The third-order valence-electron chi connectivity index (χ3n) is 6.45. The molecular formula is C22H20F2N4. The third-order valence-corrected chi connectivity index (χ3v) is 6.45. The first-order valence-corrected chi connectivity index (χ1v) is 9.61. The SMILES string of the molecule is CC1(C)N=C(c2nnc3c(F)c(F)ccc3n2)c2ccccc2C12CCCC2. The zero-order chi connectivity index (χ0) is 19.5. The molecule has 4 nitrogen and oxygen atoms in total. The second kappa shape index (κ2) is 5.87. The molecule has 0 radical (unpaired) electrons. The van der Waals surface area contributed by atoms with Crippen LogP contribution >= 0.6 is 0 Å². The normalized spacial score (nSPS) is 19.6. The largest absolute Gasteiger partial charge is 0.274 e. The van der Waals surface area contributed by atoms with Gasteiger partial charge in [-0.25, -0.2) is 13.8 Å². The van der Waals surface area contributed by atoms with E-state index >= 15 is 0 Å². The molecule has 1 saturated carbocycles. The standard InChI is InChI=1S/C22H20F2N4/c1-21(2)22(11-5-6-12-22)14-8-4-3-7-13(14)18(26-21)20-25-16-10-9-15(23)17(24)19(16)27-28-20/h3-4,7-10H,5-6,11-12H2,1-2H3. The number of fused-ring (bicyclic) bond motifs is 3. The molecule has 0 bridgehead atoms. The van der Waals surface area contributed by atoms with Gasteiger partial charge in [0, 0.05) is 11.0 Å². The molecule has 5 rings (SSSR count). The predicted molar refractivity (Wildman–Crippen MR) is 104 cm³/mol. The number of benzene rings is 2. The first kappa shape index (κ1) is 17.3. The van der Waals surface area contributed by atoms with Crippen LogP contribution in [0.15, 0.2) is 41.4 Å². The third kappa shape index (κ3) is 2.26. The highest BCUT2D eigenvalue weighted by atomic mass is 19.2. The number of hydrogen-bond acceptors (Lipinski definition) is 4. The molecule has 2 aliphatic rings. The number of nitrogens with zero attached hydrogens (tertiary/aromatic N) is 4. The molecule has 28 heavy (non-hydrogen) atoms. The molecular weight excluding hydrogens is 358 g/mol. The van der Waals surface area contributed by atoms with E-state index in [-0.39, 0.29) is 22.0 Å². The average molecular weight is 378 g/mol. The lowest BCUT2D eigenvalue weighted by molar-refractivity contribution is 0.258. The quantitative estimate of drug-likeness (QED) is 0.614. The Kier molecular flexibility index (Phi) is 3.63. The van der Waals surface area contributed by atoms with Crippen LogP contribution in [0.4, 0.5) is 8.78 Å². The fourth-order valence-electron chi connectivity index (χ4n) is 4.96. The maximum atomic E-state index is 14.0. The minimum Gasteiger partial charge on any atom is -0.274 e.